The number of fused-ring (bicyclic) bond motifs is 3. The standard InChI is InChI=1S/C21H25.C14H9F3.C5H5.Zr/c1-20(2,3)16-9-7-14-11-15-8-10-17(21(4,5)6)13-19(15)18(14)12-16;15-14(16,17)13-8-4-7-12(10-13)9-11-5-2-1-3-6-11;1-2-4-5-3-1;/h7,9-10,12-13H,11H2,1-6H3;1-8,10H;1-3H,4H2;/q-1;;-1;+2. The Kier molecular flexibility index (Phi) is 10.7. The third-order valence-corrected chi connectivity index (χ3v) is 9.07. The topological polar surface area (TPSA) is 0 Å². The van der Waals surface area contributed by atoms with Crippen LogP contribution in [0, 0.1) is 12.1 Å². The van der Waals surface area contributed by atoms with Crippen molar-refractivity contribution >= 4 is 3.21 Å². The van der Waals surface area contributed by atoms with E-state index in [0.717, 1.165) is 51.9 Å². The maximum Gasteiger partial charge on any atom is -0.109 e. The molecule has 0 spiro atoms. The molecule has 44 heavy (non-hydrogen) atoms. The fraction of sp³-hybridized carbons (Fsp3) is 0.275. The first kappa shape index (κ1) is 33.8. The Bertz CT molecular complexity index is 1590. The summed E-state index contributed by atoms with van der Waals surface area (Å²) in [5.41, 5.74) is 9.76. The Balaban J connectivity index is 0.000000175. The largest absolute Gasteiger partial charge is 0.273 e. The van der Waals surface area contributed by atoms with Gasteiger partial charge in [-0.15, -0.1) is 12.0 Å². The van der Waals surface area contributed by atoms with Crippen molar-refractivity contribution in [1.82, 2.24) is 0 Å². The van der Waals surface area contributed by atoms with E-state index in [1.165, 1.54) is 45.5 Å². The summed E-state index contributed by atoms with van der Waals surface area (Å²) >= 11 is 1.09. The predicted molar refractivity (Wildman–Crippen MR) is 174 cm³/mol. The van der Waals surface area contributed by atoms with Gasteiger partial charge in [0.1, 0.15) is 0 Å². The van der Waals surface area contributed by atoms with E-state index >= 15 is 0 Å². The molecule has 2 aliphatic rings. The average Bonchev–Trinajstić information content (AvgIpc) is 3.68. The molecule has 0 fully saturated rings. The van der Waals surface area contributed by atoms with Gasteiger partial charge in [0.2, 0.25) is 0 Å². The van der Waals surface area contributed by atoms with Gasteiger partial charge in [-0.25, -0.2) is 12.2 Å². The van der Waals surface area contributed by atoms with Crippen LogP contribution in [0.25, 0.3) is 11.1 Å². The third-order valence-electron chi connectivity index (χ3n) is 7.65. The van der Waals surface area contributed by atoms with Crippen LogP contribution in [0.2, 0.25) is 0 Å². The predicted octanol–water partition coefficient (Wildman–Crippen LogP) is 10.8. The molecule has 0 radical (unpaired) electrons. The summed E-state index contributed by atoms with van der Waals surface area (Å²) in [7, 11) is 0. The minimum Gasteiger partial charge on any atom is -0.273 e. The van der Waals surface area contributed by atoms with Crippen molar-refractivity contribution in [2.75, 3.05) is 0 Å². The summed E-state index contributed by atoms with van der Waals surface area (Å²) in [6.45, 7) is 13.6. The van der Waals surface area contributed by atoms with Gasteiger partial charge in [-0.1, -0.05) is 76.3 Å². The number of rotatable bonds is 2. The van der Waals surface area contributed by atoms with Crippen LogP contribution in [-0.4, -0.2) is 3.21 Å². The summed E-state index contributed by atoms with van der Waals surface area (Å²) in [4.78, 5) is 0. The molecule has 2 aliphatic carbocycles. The third kappa shape index (κ3) is 8.75. The van der Waals surface area contributed by atoms with Crippen molar-refractivity contribution in [2.45, 2.75) is 71.4 Å². The Morgan fingerprint density at radius 2 is 1.36 bits per heavy atom. The zero-order valence-electron chi connectivity index (χ0n) is 26.4. The van der Waals surface area contributed by atoms with Gasteiger partial charge in [-0.3, -0.25) is 6.08 Å². The van der Waals surface area contributed by atoms with Crippen molar-refractivity contribution in [2.24, 2.45) is 0 Å². The van der Waals surface area contributed by atoms with Crippen molar-refractivity contribution < 1.29 is 37.4 Å². The molecular weight excluding hydrogens is 629 g/mol. The summed E-state index contributed by atoms with van der Waals surface area (Å²) in [6, 6.07) is 30.0. The molecular formula is C40H39F3Zr. The monoisotopic (exact) mass is 666 g/mol. The van der Waals surface area contributed by atoms with Crippen molar-refractivity contribution in [1.29, 1.82) is 0 Å². The van der Waals surface area contributed by atoms with Gasteiger partial charge in [0.05, 0.1) is 0 Å². The van der Waals surface area contributed by atoms with Crippen LogP contribution in [-0.2, 0) is 47.7 Å². The Morgan fingerprint density at radius 3 is 1.93 bits per heavy atom. The van der Waals surface area contributed by atoms with Crippen LogP contribution in [0.15, 0.2) is 103 Å². The van der Waals surface area contributed by atoms with Crippen LogP contribution >= 0.6 is 0 Å². The molecule has 0 aliphatic heterocycles. The molecule has 0 saturated heterocycles. The first-order valence-electron chi connectivity index (χ1n) is 14.9. The number of hydrogen-bond donors (Lipinski definition) is 0. The van der Waals surface area contributed by atoms with E-state index in [4.69, 9.17) is 0 Å². The first-order valence-corrected chi connectivity index (χ1v) is 16.1. The second-order valence-electron chi connectivity index (χ2n) is 13.2. The molecule has 0 atom stereocenters. The summed E-state index contributed by atoms with van der Waals surface area (Å²) < 4.78 is 38.8. The summed E-state index contributed by atoms with van der Waals surface area (Å²) in [5, 5.41) is 0. The average molecular weight is 668 g/mol. The molecule has 0 amide bonds. The minimum absolute atomic E-state index is 0.177. The summed E-state index contributed by atoms with van der Waals surface area (Å²) in [6.07, 6.45) is 6.74. The van der Waals surface area contributed by atoms with Crippen LogP contribution in [0.5, 0.6) is 0 Å². The molecule has 0 unspecified atom stereocenters. The van der Waals surface area contributed by atoms with Gasteiger partial charge in [-0.2, -0.15) is 35.4 Å². The zero-order chi connectivity index (χ0) is 32.1. The van der Waals surface area contributed by atoms with E-state index in [1.54, 1.807) is 6.07 Å². The SMILES string of the molecule is CC(C)(C)c1c[c-]c2c(c1)-c1cc(C(C)(C)C)ccc1C2.FC(F)(F)c1cccc([C](=[Zr+2])c2ccccc2)c1.[C-]1=CC=CC1. The molecule has 4 aromatic rings. The van der Waals surface area contributed by atoms with Gasteiger partial charge >= 0.3 is 118 Å². The normalized spacial score (nSPS) is 13.3. The van der Waals surface area contributed by atoms with Gasteiger partial charge in [-0.05, 0) is 17.4 Å². The molecule has 0 N–H and O–H groups in total. The maximum absolute atomic E-state index is 12.6. The molecule has 4 aromatic carbocycles. The first-order chi connectivity index (χ1) is 20.6. The fourth-order valence-corrected chi connectivity index (χ4v) is 5.74. The molecule has 0 heterocycles. The number of hydrogen-bond acceptors (Lipinski definition) is 0. The van der Waals surface area contributed by atoms with E-state index in [0.29, 0.717) is 5.56 Å². The van der Waals surface area contributed by atoms with Gasteiger partial charge < -0.3 is 0 Å². The second kappa shape index (κ2) is 13.9. The maximum atomic E-state index is 12.6. The quantitative estimate of drug-likeness (QED) is 0.164. The van der Waals surface area contributed by atoms with E-state index in [1.807, 2.05) is 42.5 Å². The molecule has 4 heteroatoms. The Hall–Kier alpha value is -3.10. The van der Waals surface area contributed by atoms with E-state index < -0.39 is 11.7 Å². The fourth-order valence-electron chi connectivity index (χ4n) is 4.95. The number of benzene rings is 4. The van der Waals surface area contributed by atoms with E-state index in [9.17, 15) is 13.2 Å². The minimum atomic E-state index is -4.29. The van der Waals surface area contributed by atoms with Crippen molar-refractivity contribution in [3.63, 3.8) is 0 Å². The molecule has 224 valence electrons. The van der Waals surface area contributed by atoms with Crippen LogP contribution < -0.4 is 0 Å². The smallest absolute Gasteiger partial charge is 0.109 e. The molecule has 0 aromatic heterocycles. The molecule has 0 bridgehead atoms. The van der Waals surface area contributed by atoms with Crippen LogP contribution in [0.3, 0.4) is 0 Å². The zero-order valence-corrected chi connectivity index (χ0v) is 28.8. The van der Waals surface area contributed by atoms with E-state index in [-0.39, 0.29) is 10.8 Å². The number of halogens is 3. The molecule has 0 nitrogen and oxygen atoms in total. The summed E-state index contributed by atoms with van der Waals surface area (Å²) in [5.74, 6) is 0. The van der Waals surface area contributed by atoms with Gasteiger partial charge in [0.25, 0.3) is 0 Å². The molecule has 6 rings (SSSR count). The van der Waals surface area contributed by atoms with Crippen LogP contribution in [0.4, 0.5) is 13.2 Å². The second-order valence-corrected chi connectivity index (χ2v) is 14.4. The van der Waals surface area contributed by atoms with E-state index in [2.05, 4.69) is 90.1 Å². The number of allylic oxidation sites excluding steroid dienone is 4. The van der Waals surface area contributed by atoms with Crippen molar-refractivity contribution in [3.8, 4) is 11.1 Å². The molecule has 0 saturated carbocycles. The van der Waals surface area contributed by atoms with Gasteiger partial charge in [0, 0.05) is 0 Å². The number of alkyl halides is 3. The van der Waals surface area contributed by atoms with Crippen molar-refractivity contribution in [3.05, 3.63) is 154 Å². The Morgan fingerprint density at radius 1 is 0.705 bits per heavy atom. The Labute approximate surface area is 276 Å². The van der Waals surface area contributed by atoms with Crippen LogP contribution in [0.1, 0.15) is 86.9 Å². The van der Waals surface area contributed by atoms with Gasteiger partial charge in [0.15, 0.2) is 0 Å².